The van der Waals surface area contributed by atoms with Crippen LogP contribution >= 0.6 is 0 Å². The molecule has 4 nitrogen and oxygen atoms in total. The largest absolute Gasteiger partial charge is 0.468 e. The molecule has 2 aromatic heterocycles. The van der Waals surface area contributed by atoms with Crippen molar-refractivity contribution in [1.82, 2.24) is 19.4 Å². The Morgan fingerprint density at radius 2 is 2.00 bits per heavy atom. The highest BCUT2D eigenvalue weighted by Gasteiger charge is 2.37. The Morgan fingerprint density at radius 1 is 1.21 bits per heavy atom. The zero-order valence-corrected chi connectivity index (χ0v) is 11.1. The molecule has 19 heavy (non-hydrogen) atoms. The second-order valence-corrected chi connectivity index (χ2v) is 5.92. The van der Waals surface area contributed by atoms with E-state index in [9.17, 15) is 0 Å². The fourth-order valence-corrected chi connectivity index (χ4v) is 3.89. The van der Waals surface area contributed by atoms with Gasteiger partial charge in [-0.25, -0.2) is 4.98 Å². The van der Waals surface area contributed by atoms with Crippen LogP contribution in [0.3, 0.4) is 0 Å². The van der Waals surface area contributed by atoms with E-state index in [0.717, 1.165) is 18.6 Å². The summed E-state index contributed by atoms with van der Waals surface area (Å²) in [5.74, 6) is 0. The van der Waals surface area contributed by atoms with Crippen molar-refractivity contribution >= 4 is 11.0 Å². The van der Waals surface area contributed by atoms with Crippen molar-refractivity contribution in [2.24, 2.45) is 0 Å². The third kappa shape index (κ3) is 1.40. The van der Waals surface area contributed by atoms with E-state index in [1.165, 1.54) is 42.3 Å². The molecule has 1 spiro atoms. The lowest BCUT2D eigenvalue weighted by molar-refractivity contribution is 0.121. The molecule has 0 radical (unpaired) electrons. The molecule has 0 aromatic carbocycles. The number of hydrogen-bond donors (Lipinski definition) is 0. The van der Waals surface area contributed by atoms with Gasteiger partial charge in [-0.05, 0) is 36.7 Å². The summed E-state index contributed by atoms with van der Waals surface area (Å²) in [7, 11) is 8.44. The van der Waals surface area contributed by atoms with Gasteiger partial charge in [-0.15, -0.1) is 7.05 Å². The van der Waals surface area contributed by atoms with E-state index in [4.69, 9.17) is 0 Å². The van der Waals surface area contributed by atoms with Gasteiger partial charge in [0.15, 0.2) is 0 Å². The van der Waals surface area contributed by atoms with Crippen molar-refractivity contribution in [2.75, 3.05) is 0 Å². The standard InChI is InChI=1S/C15H18N4/c1-18-9-13-11(7-15(18)5-3-4-6-15)12-8-16-10-17-14(12)19(13)2/h8,10H,1-7,9H2/q-2. The van der Waals surface area contributed by atoms with Crippen LogP contribution in [0.5, 0.6) is 0 Å². The van der Waals surface area contributed by atoms with Crippen LogP contribution in [0, 0.1) is 14.1 Å². The molecule has 2 aromatic rings. The average molecular weight is 254 g/mol. The smallest absolute Gasteiger partial charge is 0.103 e. The first-order valence-corrected chi connectivity index (χ1v) is 6.92. The molecule has 0 unspecified atom stereocenters. The summed E-state index contributed by atoms with van der Waals surface area (Å²) in [5.41, 5.74) is 3.86. The second kappa shape index (κ2) is 3.73. The minimum Gasteiger partial charge on any atom is -0.468 e. The predicted molar refractivity (Wildman–Crippen MR) is 74.1 cm³/mol. The average Bonchev–Trinajstić information content (AvgIpc) is 2.99. The van der Waals surface area contributed by atoms with Gasteiger partial charge in [-0.1, -0.05) is 24.1 Å². The van der Waals surface area contributed by atoms with Crippen molar-refractivity contribution in [3.05, 3.63) is 37.9 Å². The highest BCUT2D eigenvalue weighted by atomic mass is 15.2. The Labute approximate surface area is 113 Å². The zero-order chi connectivity index (χ0) is 13.0. The summed E-state index contributed by atoms with van der Waals surface area (Å²) < 4.78 is 1.96. The fourth-order valence-electron chi connectivity index (χ4n) is 3.89. The third-order valence-electron chi connectivity index (χ3n) is 5.00. The summed E-state index contributed by atoms with van der Waals surface area (Å²) in [6.07, 6.45) is 9.76. The highest BCUT2D eigenvalue weighted by molar-refractivity contribution is 5.82. The topological polar surface area (TPSA) is 34.0 Å². The molecule has 0 N–H and O–H groups in total. The van der Waals surface area contributed by atoms with Crippen molar-refractivity contribution < 1.29 is 0 Å². The van der Waals surface area contributed by atoms with Crippen LogP contribution in [0.15, 0.2) is 12.5 Å². The van der Waals surface area contributed by atoms with Gasteiger partial charge in [0.2, 0.25) is 0 Å². The van der Waals surface area contributed by atoms with Gasteiger partial charge in [0.05, 0.1) is 0 Å². The molecule has 0 atom stereocenters. The minimum atomic E-state index is 0.261. The van der Waals surface area contributed by atoms with Gasteiger partial charge in [0.1, 0.15) is 6.33 Å². The lowest BCUT2D eigenvalue weighted by Crippen LogP contribution is -2.47. The van der Waals surface area contributed by atoms with Crippen LogP contribution in [0.4, 0.5) is 0 Å². The van der Waals surface area contributed by atoms with E-state index in [-0.39, 0.29) is 5.54 Å². The predicted octanol–water partition coefficient (Wildman–Crippen LogP) is 2.53. The monoisotopic (exact) mass is 254 g/mol. The second-order valence-electron chi connectivity index (χ2n) is 5.92. The zero-order valence-electron chi connectivity index (χ0n) is 11.1. The molecule has 100 valence electrons. The summed E-state index contributed by atoms with van der Waals surface area (Å²) in [6, 6.07) is 0. The van der Waals surface area contributed by atoms with Crippen molar-refractivity contribution in [1.29, 1.82) is 0 Å². The molecule has 4 heteroatoms. The molecular formula is C15H18N4-2. The van der Waals surface area contributed by atoms with Crippen molar-refractivity contribution in [3.8, 4) is 0 Å². The first kappa shape index (κ1) is 11.3. The number of rotatable bonds is 0. The van der Waals surface area contributed by atoms with Gasteiger partial charge in [-0.2, -0.15) is 0 Å². The normalized spacial score (nSPS) is 22.2. The maximum Gasteiger partial charge on any atom is 0.103 e. The first-order chi connectivity index (χ1) is 9.21. The molecule has 2 aliphatic rings. The lowest BCUT2D eigenvalue weighted by atomic mass is 9.83. The maximum atomic E-state index is 4.38. The van der Waals surface area contributed by atoms with E-state index >= 15 is 0 Å². The number of aromatic nitrogens is 3. The highest BCUT2D eigenvalue weighted by Crippen LogP contribution is 2.44. The van der Waals surface area contributed by atoms with Gasteiger partial charge in [0.25, 0.3) is 0 Å². The Morgan fingerprint density at radius 3 is 2.79 bits per heavy atom. The van der Waals surface area contributed by atoms with E-state index < -0.39 is 0 Å². The van der Waals surface area contributed by atoms with Crippen molar-refractivity contribution in [2.45, 2.75) is 44.2 Å². The molecule has 0 amide bonds. The Hall–Kier alpha value is -1.55. The van der Waals surface area contributed by atoms with Crippen LogP contribution < -0.4 is 0 Å². The van der Waals surface area contributed by atoms with E-state index in [2.05, 4.69) is 29.0 Å². The van der Waals surface area contributed by atoms with E-state index in [0.29, 0.717) is 0 Å². The summed E-state index contributed by atoms with van der Waals surface area (Å²) in [4.78, 5) is 10.9. The van der Waals surface area contributed by atoms with Crippen LogP contribution in [0.25, 0.3) is 11.0 Å². The molecule has 1 aliphatic heterocycles. The molecule has 0 bridgehead atoms. The molecule has 0 saturated heterocycles. The van der Waals surface area contributed by atoms with Crippen LogP contribution in [-0.4, -0.2) is 25.0 Å². The third-order valence-corrected chi connectivity index (χ3v) is 5.00. The SMILES string of the molecule is [CH2-]N1Cc2c(c3cncnc3n2[CH2-])CC12CCCC2. The Kier molecular flexibility index (Phi) is 2.22. The van der Waals surface area contributed by atoms with Crippen LogP contribution in [-0.2, 0) is 13.0 Å². The number of hydrogen-bond acceptors (Lipinski definition) is 3. The quantitative estimate of drug-likeness (QED) is 0.677. The lowest BCUT2D eigenvalue weighted by Gasteiger charge is -2.51. The fraction of sp³-hybridized carbons (Fsp3) is 0.467. The van der Waals surface area contributed by atoms with Crippen molar-refractivity contribution in [3.63, 3.8) is 0 Å². The maximum absolute atomic E-state index is 4.38. The van der Waals surface area contributed by atoms with E-state index in [1.54, 1.807) is 6.33 Å². The molecular weight excluding hydrogens is 236 g/mol. The molecule has 1 fully saturated rings. The summed E-state index contributed by atoms with van der Waals surface area (Å²) >= 11 is 0. The molecule has 1 saturated carbocycles. The van der Waals surface area contributed by atoms with Gasteiger partial charge in [-0.3, -0.25) is 12.0 Å². The Bertz CT molecular complexity index is 637. The molecule has 3 heterocycles. The first-order valence-electron chi connectivity index (χ1n) is 6.92. The number of fused-ring (bicyclic) bond motifs is 3. The molecule has 4 rings (SSSR count). The van der Waals surface area contributed by atoms with E-state index in [1.807, 2.05) is 10.8 Å². The summed E-state index contributed by atoms with van der Waals surface area (Å²) in [5, 5.41) is 1.17. The van der Waals surface area contributed by atoms with Gasteiger partial charge >= 0.3 is 0 Å². The number of nitrogens with zero attached hydrogens (tertiary/aromatic N) is 4. The van der Waals surface area contributed by atoms with Crippen LogP contribution in [0.1, 0.15) is 36.9 Å². The summed E-state index contributed by atoms with van der Waals surface area (Å²) in [6.45, 7) is 0.870. The van der Waals surface area contributed by atoms with Gasteiger partial charge < -0.3 is 9.47 Å². The van der Waals surface area contributed by atoms with Gasteiger partial charge in [0, 0.05) is 11.8 Å². The molecule has 1 aliphatic carbocycles. The Balaban J connectivity index is 1.92. The van der Waals surface area contributed by atoms with Crippen LogP contribution in [0.2, 0.25) is 0 Å². The minimum absolute atomic E-state index is 0.261.